The van der Waals surface area contributed by atoms with E-state index in [1.165, 1.54) is 0 Å². The Hall–Kier alpha value is -0.120. The summed E-state index contributed by atoms with van der Waals surface area (Å²) in [5.41, 5.74) is -0.575. The van der Waals surface area contributed by atoms with Gasteiger partial charge in [-0.15, -0.1) is 0 Å². The lowest BCUT2D eigenvalue weighted by molar-refractivity contribution is 0.0343. The minimum Gasteiger partial charge on any atom is -0.396 e. The molecule has 0 bridgehead atoms. The van der Waals surface area contributed by atoms with Crippen molar-refractivity contribution in [3.05, 3.63) is 6.92 Å². The van der Waals surface area contributed by atoms with E-state index in [9.17, 15) is 0 Å². The van der Waals surface area contributed by atoms with Crippen molar-refractivity contribution in [1.82, 2.24) is 0 Å². The van der Waals surface area contributed by atoms with Crippen LogP contribution in [0.2, 0.25) is 0 Å². The Morgan fingerprint density at radius 3 is 1.70 bits per heavy atom. The minimum absolute atomic E-state index is 0.0172. The van der Waals surface area contributed by atoms with Gasteiger partial charge < -0.3 is 15.3 Å². The fourth-order valence-corrected chi connectivity index (χ4v) is 0.728. The Labute approximate surface area is 61.3 Å². The largest absolute Gasteiger partial charge is 0.396 e. The van der Waals surface area contributed by atoms with E-state index in [-0.39, 0.29) is 19.8 Å². The molecule has 0 atom stereocenters. The first-order chi connectivity index (χ1) is 4.74. The molecule has 0 heterocycles. The van der Waals surface area contributed by atoms with Crippen LogP contribution in [0.1, 0.15) is 12.8 Å². The average Bonchev–Trinajstić information content (AvgIpc) is 2.01. The van der Waals surface area contributed by atoms with E-state index >= 15 is 0 Å². The lowest BCUT2D eigenvalue weighted by Gasteiger charge is -2.26. The van der Waals surface area contributed by atoms with Gasteiger partial charge in [-0.05, 0) is 12.8 Å². The molecule has 0 aromatic heterocycles. The third-order valence-electron chi connectivity index (χ3n) is 1.84. The fraction of sp³-hybridized carbons (Fsp3) is 0.857. The molecule has 0 aliphatic heterocycles. The van der Waals surface area contributed by atoms with Gasteiger partial charge in [0, 0.05) is 12.0 Å². The van der Waals surface area contributed by atoms with Gasteiger partial charge in [0.2, 0.25) is 0 Å². The highest BCUT2D eigenvalue weighted by Crippen LogP contribution is 2.23. The molecule has 0 spiro atoms. The molecule has 3 nitrogen and oxygen atoms in total. The minimum atomic E-state index is -0.575. The molecule has 1 radical (unpaired) electrons. The summed E-state index contributed by atoms with van der Waals surface area (Å²) < 4.78 is 0. The zero-order valence-electron chi connectivity index (χ0n) is 6.08. The molecule has 10 heavy (non-hydrogen) atoms. The van der Waals surface area contributed by atoms with Crippen LogP contribution in [0.5, 0.6) is 0 Å². The van der Waals surface area contributed by atoms with Crippen LogP contribution in [-0.2, 0) is 0 Å². The zero-order chi connectivity index (χ0) is 8.04. The van der Waals surface area contributed by atoms with Crippen LogP contribution in [0.3, 0.4) is 0 Å². The van der Waals surface area contributed by atoms with Crippen molar-refractivity contribution >= 4 is 0 Å². The van der Waals surface area contributed by atoms with Crippen LogP contribution in [0.15, 0.2) is 0 Å². The Bertz CT molecular complexity index is 70.7. The van der Waals surface area contributed by atoms with Crippen LogP contribution in [-0.4, -0.2) is 35.1 Å². The van der Waals surface area contributed by atoms with Crippen molar-refractivity contribution < 1.29 is 15.3 Å². The predicted octanol–water partition coefficient (Wildman–Crippen LogP) is -0.436. The van der Waals surface area contributed by atoms with E-state index in [1.54, 1.807) is 0 Å². The van der Waals surface area contributed by atoms with Crippen molar-refractivity contribution in [3.8, 4) is 0 Å². The molecule has 0 rings (SSSR count). The summed E-state index contributed by atoms with van der Waals surface area (Å²) in [6.07, 6.45) is 0.851. The Morgan fingerprint density at radius 2 is 1.60 bits per heavy atom. The quantitative estimate of drug-likeness (QED) is 0.494. The van der Waals surface area contributed by atoms with Crippen LogP contribution >= 0.6 is 0 Å². The van der Waals surface area contributed by atoms with Crippen LogP contribution in [0, 0.1) is 12.3 Å². The van der Waals surface area contributed by atoms with E-state index in [2.05, 4.69) is 6.92 Å². The summed E-state index contributed by atoms with van der Waals surface area (Å²) in [6, 6.07) is 0. The van der Waals surface area contributed by atoms with Crippen molar-refractivity contribution in [1.29, 1.82) is 0 Å². The monoisotopic (exact) mass is 147 g/mol. The van der Waals surface area contributed by atoms with Gasteiger partial charge in [0.05, 0.1) is 13.2 Å². The molecule has 3 heteroatoms. The molecule has 0 aliphatic carbocycles. The number of aliphatic hydroxyl groups excluding tert-OH is 3. The van der Waals surface area contributed by atoms with Gasteiger partial charge in [0.1, 0.15) is 0 Å². The van der Waals surface area contributed by atoms with E-state index < -0.39 is 5.41 Å². The second-order valence-electron chi connectivity index (χ2n) is 2.54. The zero-order valence-corrected chi connectivity index (χ0v) is 6.08. The highest BCUT2D eigenvalue weighted by atomic mass is 16.3. The van der Waals surface area contributed by atoms with Gasteiger partial charge in [-0.2, -0.15) is 0 Å². The maximum atomic E-state index is 8.80. The average molecular weight is 147 g/mol. The van der Waals surface area contributed by atoms with Gasteiger partial charge in [-0.25, -0.2) is 0 Å². The topological polar surface area (TPSA) is 60.7 Å². The summed E-state index contributed by atoms with van der Waals surface area (Å²) in [7, 11) is 0. The van der Waals surface area contributed by atoms with E-state index in [0.717, 1.165) is 0 Å². The summed E-state index contributed by atoms with van der Waals surface area (Å²) in [5, 5.41) is 26.1. The fourth-order valence-electron chi connectivity index (χ4n) is 0.728. The third-order valence-corrected chi connectivity index (χ3v) is 1.84. The molecule has 0 aliphatic rings. The Morgan fingerprint density at radius 1 is 1.10 bits per heavy atom. The third kappa shape index (κ3) is 2.25. The molecule has 3 N–H and O–H groups in total. The summed E-state index contributed by atoms with van der Waals surface area (Å²) in [5.74, 6) is 0. The lowest BCUT2D eigenvalue weighted by Crippen LogP contribution is -2.30. The Balaban J connectivity index is 3.87. The smallest absolute Gasteiger partial charge is 0.0510 e. The first kappa shape index (κ1) is 9.88. The van der Waals surface area contributed by atoms with E-state index in [1.807, 2.05) is 0 Å². The van der Waals surface area contributed by atoms with Gasteiger partial charge in [-0.3, -0.25) is 0 Å². The molecule has 0 saturated carbocycles. The number of aliphatic hydroxyl groups is 3. The molecule has 0 aromatic rings. The van der Waals surface area contributed by atoms with E-state index in [0.29, 0.717) is 12.8 Å². The molecule has 61 valence electrons. The molecular weight excluding hydrogens is 132 g/mol. The lowest BCUT2D eigenvalue weighted by atomic mass is 9.84. The second-order valence-corrected chi connectivity index (χ2v) is 2.54. The van der Waals surface area contributed by atoms with Gasteiger partial charge in [-0.1, -0.05) is 6.92 Å². The first-order valence-corrected chi connectivity index (χ1v) is 3.36. The second kappa shape index (κ2) is 4.66. The number of hydrogen-bond donors (Lipinski definition) is 3. The molecule has 0 amide bonds. The standard InChI is InChI=1S/C7H15O3/c1-2-7(5-9,6-10)3-4-8/h8-10H,1-6H2. The highest BCUT2D eigenvalue weighted by Gasteiger charge is 2.25. The molecule has 0 fully saturated rings. The summed E-state index contributed by atoms with van der Waals surface area (Å²) in [6.45, 7) is 3.34. The molecule has 0 aromatic carbocycles. The van der Waals surface area contributed by atoms with Crippen LogP contribution < -0.4 is 0 Å². The van der Waals surface area contributed by atoms with Gasteiger partial charge in [0.25, 0.3) is 0 Å². The molecule has 0 saturated heterocycles. The van der Waals surface area contributed by atoms with Crippen LogP contribution in [0.4, 0.5) is 0 Å². The molecular formula is C7H15O3. The first-order valence-electron chi connectivity index (χ1n) is 3.36. The SMILES string of the molecule is [CH2]CC(CO)(CO)CCO. The number of rotatable bonds is 5. The number of hydrogen-bond acceptors (Lipinski definition) is 3. The highest BCUT2D eigenvalue weighted by molar-refractivity contribution is 4.78. The maximum absolute atomic E-state index is 8.80. The van der Waals surface area contributed by atoms with Crippen molar-refractivity contribution in [2.45, 2.75) is 12.8 Å². The Kier molecular flexibility index (Phi) is 4.60. The van der Waals surface area contributed by atoms with Gasteiger partial charge >= 0.3 is 0 Å². The molecule has 0 unspecified atom stereocenters. The summed E-state index contributed by atoms with van der Waals surface area (Å²) >= 11 is 0. The van der Waals surface area contributed by atoms with Crippen molar-refractivity contribution in [3.63, 3.8) is 0 Å². The van der Waals surface area contributed by atoms with E-state index in [4.69, 9.17) is 15.3 Å². The van der Waals surface area contributed by atoms with Crippen molar-refractivity contribution in [2.75, 3.05) is 19.8 Å². The van der Waals surface area contributed by atoms with Gasteiger partial charge in [0.15, 0.2) is 0 Å². The predicted molar refractivity (Wildman–Crippen MR) is 38.3 cm³/mol. The maximum Gasteiger partial charge on any atom is 0.0510 e. The normalized spacial score (nSPS) is 12.0. The summed E-state index contributed by atoms with van der Waals surface area (Å²) in [4.78, 5) is 0. The van der Waals surface area contributed by atoms with Crippen LogP contribution in [0.25, 0.3) is 0 Å². The van der Waals surface area contributed by atoms with Crippen molar-refractivity contribution in [2.24, 2.45) is 5.41 Å².